The molecule has 1 aliphatic rings. The van der Waals surface area contributed by atoms with Gasteiger partial charge < -0.3 is 5.11 Å². The Hall–Kier alpha value is -0.300. The number of rotatable bonds is 1. The Kier molecular flexibility index (Phi) is 2.94. The monoisotopic (exact) mass is 170 g/mol. The number of hydrogen-bond acceptors (Lipinski definition) is 3. The lowest BCUT2D eigenvalue weighted by molar-refractivity contribution is 0.339. The van der Waals surface area contributed by atoms with E-state index in [9.17, 15) is 0 Å². The van der Waals surface area contributed by atoms with E-state index in [1.54, 1.807) is 0 Å². The molecular formula is C7H6OS2. The molecule has 0 amide bonds. The molecule has 3 heteroatoms. The average Bonchev–Trinajstić information content (AvgIpc) is 2.05. The molecule has 0 aromatic carbocycles. The fourth-order valence-corrected chi connectivity index (χ4v) is 2.24. The molecule has 0 saturated heterocycles. The number of aliphatic hydroxyl groups excluding tert-OH is 1. The normalized spacial score (nSPS) is 17.2. The topological polar surface area (TPSA) is 20.2 Å². The molecule has 1 N–H and O–H groups in total. The summed E-state index contributed by atoms with van der Waals surface area (Å²) < 4.78 is 0. The minimum atomic E-state index is 0.103. The van der Waals surface area contributed by atoms with E-state index in [4.69, 9.17) is 11.5 Å². The first kappa shape index (κ1) is 7.80. The van der Waals surface area contributed by atoms with Gasteiger partial charge in [0, 0.05) is 4.91 Å². The molecule has 0 radical (unpaired) electrons. The van der Waals surface area contributed by atoms with Crippen molar-refractivity contribution in [3.05, 3.63) is 22.0 Å². The van der Waals surface area contributed by atoms with E-state index in [2.05, 4.69) is 5.92 Å². The maximum Gasteiger partial charge on any atom is 0.0749 e. The highest BCUT2D eigenvalue weighted by Gasteiger charge is 2.03. The lowest BCUT2D eigenvalue weighted by Crippen LogP contribution is -1.85. The SMILES string of the molecule is C#CC1=CC=C(CO)SS1. The summed E-state index contributed by atoms with van der Waals surface area (Å²) in [4.78, 5) is 1.85. The number of terminal acetylenes is 1. The van der Waals surface area contributed by atoms with E-state index in [1.807, 2.05) is 12.2 Å². The predicted molar refractivity (Wildman–Crippen MR) is 47.3 cm³/mol. The Labute approximate surface area is 68.0 Å². The van der Waals surface area contributed by atoms with E-state index < -0.39 is 0 Å². The minimum Gasteiger partial charge on any atom is -0.391 e. The Balaban J connectivity index is 2.67. The van der Waals surface area contributed by atoms with Crippen molar-refractivity contribution < 1.29 is 5.11 Å². The zero-order chi connectivity index (χ0) is 7.40. The Morgan fingerprint density at radius 3 is 2.70 bits per heavy atom. The van der Waals surface area contributed by atoms with Crippen LogP contribution in [0.5, 0.6) is 0 Å². The molecule has 0 aromatic heterocycles. The van der Waals surface area contributed by atoms with Gasteiger partial charge in [-0.3, -0.25) is 0 Å². The first-order valence-electron chi connectivity index (χ1n) is 2.69. The van der Waals surface area contributed by atoms with Gasteiger partial charge in [-0.25, -0.2) is 0 Å². The minimum absolute atomic E-state index is 0.103. The van der Waals surface area contributed by atoms with Gasteiger partial charge in [-0.05, 0) is 22.9 Å². The quantitative estimate of drug-likeness (QED) is 0.478. The van der Waals surface area contributed by atoms with Crippen LogP contribution < -0.4 is 0 Å². The molecule has 1 heterocycles. The van der Waals surface area contributed by atoms with Crippen LogP contribution >= 0.6 is 21.6 Å². The average molecular weight is 170 g/mol. The standard InChI is InChI=1S/C7H6OS2/c1-2-6-3-4-7(5-8)10-9-6/h1,3-4,8H,5H2. The largest absolute Gasteiger partial charge is 0.391 e. The van der Waals surface area contributed by atoms with Gasteiger partial charge in [-0.1, -0.05) is 16.7 Å². The molecule has 0 aromatic rings. The van der Waals surface area contributed by atoms with Crippen LogP contribution in [0, 0.1) is 12.3 Å². The highest BCUT2D eigenvalue weighted by molar-refractivity contribution is 8.79. The summed E-state index contributed by atoms with van der Waals surface area (Å²) in [7, 11) is 3.02. The summed E-state index contributed by atoms with van der Waals surface area (Å²) in [6, 6.07) is 0. The lowest BCUT2D eigenvalue weighted by Gasteiger charge is -2.05. The molecule has 1 nitrogen and oxygen atoms in total. The molecule has 0 spiro atoms. The second-order valence-electron chi connectivity index (χ2n) is 1.63. The molecule has 0 unspecified atom stereocenters. The van der Waals surface area contributed by atoms with E-state index in [0.717, 1.165) is 9.81 Å². The third-order valence-corrected chi connectivity index (χ3v) is 3.38. The molecule has 0 fully saturated rings. The van der Waals surface area contributed by atoms with Gasteiger partial charge in [0.25, 0.3) is 0 Å². The maximum atomic E-state index is 8.67. The van der Waals surface area contributed by atoms with Crippen LogP contribution in [0.25, 0.3) is 0 Å². The van der Waals surface area contributed by atoms with Gasteiger partial charge >= 0.3 is 0 Å². The zero-order valence-electron chi connectivity index (χ0n) is 5.20. The third kappa shape index (κ3) is 1.84. The number of hydrogen-bond donors (Lipinski definition) is 1. The summed E-state index contributed by atoms with van der Waals surface area (Å²) in [5, 5.41) is 8.67. The second-order valence-corrected chi connectivity index (χ2v) is 3.93. The van der Waals surface area contributed by atoms with Gasteiger partial charge in [0.1, 0.15) is 0 Å². The highest BCUT2D eigenvalue weighted by atomic mass is 33.1. The smallest absolute Gasteiger partial charge is 0.0749 e. The van der Waals surface area contributed by atoms with Crippen molar-refractivity contribution in [1.29, 1.82) is 0 Å². The van der Waals surface area contributed by atoms with Crippen LogP contribution in [-0.2, 0) is 0 Å². The van der Waals surface area contributed by atoms with Crippen LogP contribution in [0.3, 0.4) is 0 Å². The van der Waals surface area contributed by atoms with Crippen LogP contribution in [0.15, 0.2) is 22.0 Å². The summed E-state index contributed by atoms with van der Waals surface area (Å²) in [5.74, 6) is 2.53. The number of aliphatic hydroxyl groups is 1. The third-order valence-electron chi connectivity index (χ3n) is 0.957. The van der Waals surface area contributed by atoms with Crippen molar-refractivity contribution >= 4 is 21.6 Å². The van der Waals surface area contributed by atoms with E-state index >= 15 is 0 Å². The van der Waals surface area contributed by atoms with Gasteiger partial charge in [-0.15, -0.1) is 6.42 Å². The van der Waals surface area contributed by atoms with Gasteiger partial charge in [0.15, 0.2) is 0 Å². The fraction of sp³-hybridized carbons (Fsp3) is 0.143. The van der Waals surface area contributed by atoms with Gasteiger partial charge in [0.2, 0.25) is 0 Å². The van der Waals surface area contributed by atoms with Crippen LogP contribution in [0.1, 0.15) is 0 Å². The Morgan fingerprint density at radius 2 is 2.30 bits per heavy atom. The summed E-state index contributed by atoms with van der Waals surface area (Å²) in [6.45, 7) is 0.103. The molecule has 1 aliphatic heterocycles. The van der Waals surface area contributed by atoms with Crippen molar-refractivity contribution in [2.24, 2.45) is 0 Å². The molecule has 52 valence electrons. The molecule has 0 aliphatic carbocycles. The van der Waals surface area contributed by atoms with E-state index in [0.29, 0.717) is 0 Å². The lowest BCUT2D eigenvalue weighted by atomic mass is 10.4. The maximum absolute atomic E-state index is 8.67. The summed E-state index contributed by atoms with van der Waals surface area (Å²) in [6.07, 6.45) is 8.83. The second kappa shape index (κ2) is 3.77. The van der Waals surface area contributed by atoms with Crippen molar-refractivity contribution in [3.8, 4) is 12.3 Å². The fourth-order valence-electron chi connectivity index (χ4n) is 0.474. The molecule has 1 rings (SSSR count). The Bertz CT molecular complexity index is 222. The van der Waals surface area contributed by atoms with Crippen molar-refractivity contribution in [2.75, 3.05) is 6.61 Å². The molecule has 10 heavy (non-hydrogen) atoms. The van der Waals surface area contributed by atoms with Gasteiger partial charge in [0.05, 0.1) is 11.5 Å². The summed E-state index contributed by atoms with van der Waals surface area (Å²) >= 11 is 0. The van der Waals surface area contributed by atoms with Gasteiger partial charge in [-0.2, -0.15) is 0 Å². The predicted octanol–water partition coefficient (Wildman–Crippen LogP) is 1.77. The molecular weight excluding hydrogens is 164 g/mol. The molecule has 0 bridgehead atoms. The van der Waals surface area contributed by atoms with Crippen molar-refractivity contribution in [3.63, 3.8) is 0 Å². The summed E-state index contributed by atoms with van der Waals surface area (Å²) in [5.41, 5.74) is 0. The van der Waals surface area contributed by atoms with E-state index in [-0.39, 0.29) is 6.61 Å². The molecule has 0 atom stereocenters. The van der Waals surface area contributed by atoms with E-state index in [1.165, 1.54) is 21.6 Å². The zero-order valence-corrected chi connectivity index (χ0v) is 6.84. The van der Waals surface area contributed by atoms with Crippen LogP contribution in [0.4, 0.5) is 0 Å². The molecule has 0 saturated carbocycles. The van der Waals surface area contributed by atoms with Crippen LogP contribution in [0.2, 0.25) is 0 Å². The number of allylic oxidation sites excluding steroid dienone is 3. The highest BCUT2D eigenvalue weighted by Crippen LogP contribution is 2.38. The first-order chi connectivity index (χ1) is 4.86. The van der Waals surface area contributed by atoms with Crippen LogP contribution in [-0.4, -0.2) is 11.7 Å². The Morgan fingerprint density at radius 1 is 1.50 bits per heavy atom. The van der Waals surface area contributed by atoms with Crippen molar-refractivity contribution in [2.45, 2.75) is 0 Å². The van der Waals surface area contributed by atoms with Crippen molar-refractivity contribution in [1.82, 2.24) is 0 Å². The first-order valence-corrected chi connectivity index (χ1v) is 4.84.